The summed E-state index contributed by atoms with van der Waals surface area (Å²) in [5.41, 5.74) is 1.38. The number of nitrogens with one attached hydrogen (secondary N) is 1. The van der Waals surface area contributed by atoms with Crippen LogP contribution in [0.15, 0.2) is 40.8 Å². The van der Waals surface area contributed by atoms with Crippen LogP contribution < -0.4 is 5.32 Å². The van der Waals surface area contributed by atoms with E-state index in [9.17, 15) is 13.6 Å². The second-order valence-electron chi connectivity index (χ2n) is 5.09. The van der Waals surface area contributed by atoms with Crippen LogP contribution in [0.1, 0.15) is 21.7 Å². The molecule has 0 saturated carbocycles. The molecule has 3 rings (SSSR count). The molecule has 1 heterocycles. The summed E-state index contributed by atoms with van der Waals surface area (Å²) in [7, 11) is 0. The number of fused-ring (bicyclic) bond motifs is 1. The summed E-state index contributed by atoms with van der Waals surface area (Å²) in [6.07, 6.45) is 0. The Morgan fingerprint density at radius 2 is 1.86 bits per heavy atom. The van der Waals surface area contributed by atoms with Gasteiger partial charge in [0.05, 0.1) is 0 Å². The van der Waals surface area contributed by atoms with Crippen molar-refractivity contribution < 1.29 is 18.0 Å². The van der Waals surface area contributed by atoms with Gasteiger partial charge in [0.1, 0.15) is 5.82 Å². The Hall–Kier alpha value is -2.69. The number of anilines is 1. The molecule has 3 aromatic rings. The molecule has 1 amide bonds. The molecule has 0 fully saturated rings. The molecule has 0 unspecified atom stereocenters. The van der Waals surface area contributed by atoms with Gasteiger partial charge in [-0.3, -0.25) is 4.79 Å². The summed E-state index contributed by atoms with van der Waals surface area (Å²) in [6.45, 7) is 3.31. The highest BCUT2D eigenvalue weighted by molar-refractivity contribution is 6.06. The first-order chi connectivity index (χ1) is 10.5. The molecule has 0 aliphatic rings. The van der Waals surface area contributed by atoms with Crippen molar-refractivity contribution in [1.29, 1.82) is 0 Å². The molecule has 0 aliphatic carbocycles. The third kappa shape index (κ3) is 2.35. The molecule has 0 radical (unpaired) electrons. The van der Waals surface area contributed by atoms with Crippen LogP contribution in [0.25, 0.3) is 11.0 Å². The average Bonchev–Trinajstić information content (AvgIpc) is 2.82. The average molecular weight is 301 g/mol. The molecular formula is C17H13F2NO2. The first-order valence-corrected chi connectivity index (χ1v) is 6.72. The van der Waals surface area contributed by atoms with Crippen molar-refractivity contribution in [2.75, 3.05) is 5.32 Å². The van der Waals surface area contributed by atoms with Crippen molar-refractivity contribution in [1.82, 2.24) is 0 Å². The topological polar surface area (TPSA) is 42.2 Å². The Kier molecular flexibility index (Phi) is 3.41. The van der Waals surface area contributed by atoms with Crippen LogP contribution in [0.2, 0.25) is 0 Å². The Balaban J connectivity index is 1.97. The zero-order valence-corrected chi connectivity index (χ0v) is 12.0. The van der Waals surface area contributed by atoms with Gasteiger partial charge in [0.25, 0.3) is 5.91 Å². The molecule has 0 aliphatic heterocycles. The quantitative estimate of drug-likeness (QED) is 0.752. The van der Waals surface area contributed by atoms with Crippen LogP contribution in [0, 0.1) is 25.5 Å². The zero-order valence-electron chi connectivity index (χ0n) is 12.0. The Bertz CT molecular complexity index is 884. The number of halogens is 2. The molecule has 0 saturated heterocycles. The molecule has 2 aromatic carbocycles. The highest BCUT2D eigenvalue weighted by Gasteiger charge is 2.19. The van der Waals surface area contributed by atoms with Crippen LogP contribution in [0.3, 0.4) is 0 Å². The van der Waals surface area contributed by atoms with E-state index in [1.54, 1.807) is 38.1 Å². The van der Waals surface area contributed by atoms with Gasteiger partial charge in [0.15, 0.2) is 17.2 Å². The summed E-state index contributed by atoms with van der Waals surface area (Å²) in [5, 5.41) is 3.09. The van der Waals surface area contributed by atoms with Gasteiger partial charge >= 0.3 is 0 Å². The predicted molar refractivity (Wildman–Crippen MR) is 80.0 cm³/mol. The smallest absolute Gasteiger partial charge is 0.291 e. The fourth-order valence-electron chi connectivity index (χ4n) is 2.28. The second kappa shape index (κ2) is 5.26. The van der Waals surface area contributed by atoms with E-state index in [1.165, 1.54) is 12.1 Å². The fraction of sp³-hybridized carbons (Fsp3) is 0.118. The van der Waals surface area contributed by atoms with Gasteiger partial charge in [-0.2, -0.15) is 0 Å². The van der Waals surface area contributed by atoms with E-state index in [0.29, 0.717) is 22.2 Å². The number of furan rings is 1. The lowest BCUT2D eigenvalue weighted by molar-refractivity contribution is 0.0997. The van der Waals surface area contributed by atoms with Crippen LogP contribution in [0.5, 0.6) is 0 Å². The molecule has 0 spiro atoms. The molecule has 0 bridgehead atoms. The van der Waals surface area contributed by atoms with Gasteiger partial charge in [-0.15, -0.1) is 0 Å². The minimum Gasteiger partial charge on any atom is -0.448 e. The Labute approximate surface area is 125 Å². The highest BCUT2D eigenvalue weighted by Crippen LogP contribution is 2.28. The van der Waals surface area contributed by atoms with Crippen LogP contribution in [-0.4, -0.2) is 5.91 Å². The van der Waals surface area contributed by atoms with E-state index in [1.807, 2.05) is 0 Å². The number of aryl methyl sites for hydroxylation is 2. The Morgan fingerprint density at radius 3 is 2.55 bits per heavy atom. The SMILES string of the molecule is Cc1ccc(NC(=O)c2oc3c(F)cccc3c2C)cc1F. The summed E-state index contributed by atoms with van der Waals surface area (Å²) < 4.78 is 32.5. The summed E-state index contributed by atoms with van der Waals surface area (Å²) >= 11 is 0. The third-order valence-corrected chi connectivity index (χ3v) is 3.55. The van der Waals surface area contributed by atoms with E-state index >= 15 is 0 Å². The third-order valence-electron chi connectivity index (χ3n) is 3.55. The van der Waals surface area contributed by atoms with Gasteiger partial charge in [0.2, 0.25) is 0 Å². The highest BCUT2D eigenvalue weighted by atomic mass is 19.1. The van der Waals surface area contributed by atoms with Gasteiger partial charge < -0.3 is 9.73 Å². The number of carbonyl (C=O) groups is 1. The van der Waals surface area contributed by atoms with Gasteiger partial charge in [0, 0.05) is 16.6 Å². The minimum atomic E-state index is -0.545. The number of benzene rings is 2. The van der Waals surface area contributed by atoms with Crippen molar-refractivity contribution in [2.24, 2.45) is 0 Å². The molecule has 3 nitrogen and oxygen atoms in total. The number of hydrogen-bond donors (Lipinski definition) is 1. The number of hydrogen-bond acceptors (Lipinski definition) is 2. The van der Waals surface area contributed by atoms with Crippen molar-refractivity contribution in [3.8, 4) is 0 Å². The van der Waals surface area contributed by atoms with E-state index in [-0.39, 0.29) is 11.3 Å². The first-order valence-electron chi connectivity index (χ1n) is 6.72. The van der Waals surface area contributed by atoms with Crippen molar-refractivity contribution >= 4 is 22.6 Å². The van der Waals surface area contributed by atoms with Gasteiger partial charge in [-0.05, 0) is 37.6 Å². The summed E-state index contributed by atoms with van der Waals surface area (Å²) in [4.78, 5) is 12.3. The number of amides is 1. The van der Waals surface area contributed by atoms with E-state index in [0.717, 1.165) is 0 Å². The summed E-state index contributed by atoms with van der Waals surface area (Å²) in [6, 6.07) is 8.88. The molecule has 1 N–H and O–H groups in total. The fourth-order valence-corrected chi connectivity index (χ4v) is 2.28. The Morgan fingerprint density at radius 1 is 1.09 bits per heavy atom. The van der Waals surface area contributed by atoms with E-state index < -0.39 is 17.5 Å². The standard InChI is InChI=1S/C17H13F2NO2/c1-9-6-7-11(8-14(9)19)20-17(21)15-10(2)12-4-3-5-13(18)16(12)22-15/h3-8H,1-2H3,(H,20,21). The van der Waals surface area contributed by atoms with Crippen LogP contribution in [0.4, 0.5) is 14.5 Å². The normalized spacial score (nSPS) is 10.9. The van der Waals surface area contributed by atoms with Crippen molar-refractivity contribution in [3.63, 3.8) is 0 Å². The maximum Gasteiger partial charge on any atom is 0.291 e. The first kappa shape index (κ1) is 14.3. The summed E-state index contributed by atoms with van der Waals surface area (Å²) in [5.74, 6) is -1.47. The molecular weight excluding hydrogens is 288 g/mol. The predicted octanol–water partition coefficient (Wildman–Crippen LogP) is 4.58. The monoisotopic (exact) mass is 301 g/mol. The molecule has 5 heteroatoms. The minimum absolute atomic E-state index is 0.0149. The zero-order chi connectivity index (χ0) is 15.9. The number of rotatable bonds is 2. The maximum absolute atomic E-state index is 13.7. The lowest BCUT2D eigenvalue weighted by Crippen LogP contribution is -2.12. The molecule has 112 valence electrons. The molecule has 1 aromatic heterocycles. The van der Waals surface area contributed by atoms with Crippen molar-refractivity contribution in [3.05, 3.63) is 64.9 Å². The van der Waals surface area contributed by atoms with E-state index in [4.69, 9.17) is 4.42 Å². The molecule has 22 heavy (non-hydrogen) atoms. The lowest BCUT2D eigenvalue weighted by Gasteiger charge is -2.05. The number of carbonyl (C=O) groups excluding carboxylic acids is 1. The van der Waals surface area contributed by atoms with Crippen LogP contribution >= 0.6 is 0 Å². The largest absolute Gasteiger partial charge is 0.448 e. The number of para-hydroxylation sites is 1. The van der Waals surface area contributed by atoms with E-state index in [2.05, 4.69) is 5.32 Å². The second-order valence-corrected chi connectivity index (χ2v) is 5.09. The van der Waals surface area contributed by atoms with Gasteiger partial charge in [-0.25, -0.2) is 8.78 Å². The maximum atomic E-state index is 13.7. The van der Waals surface area contributed by atoms with Gasteiger partial charge in [-0.1, -0.05) is 18.2 Å². The van der Waals surface area contributed by atoms with Crippen LogP contribution in [-0.2, 0) is 0 Å². The van der Waals surface area contributed by atoms with Crippen molar-refractivity contribution in [2.45, 2.75) is 13.8 Å². The lowest BCUT2D eigenvalue weighted by atomic mass is 10.1. The molecule has 0 atom stereocenters.